The zero-order valence-corrected chi connectivity index (χ0v) is 14.9. The molecule has 1 aliphatic carbocycles. The Hall–Kier alpha value is -1.99. The first-order valence-corrected chi connectivity index (χ1v) is 9.23. The van der Waals surface area contributed by atoms with Crippen molar-refractivity contribution in [2.75, 3.05) is 45.9 Å². The van der Waals surface area contributed by atoms with Crippen LogP contribution in [0.1, 0.15) is 12.0 Å². The number of carbonyl (C=O) groups is 2. The Morgan fingerprint density at radius 3 is 2.31 bits per heavy atom. The minimum absolute atomic E-state index is 0.0306. The van der Waals surface area contributed by atoms with E-state index in [0.29, 0.717) is 25.9 Å². The van der Waals surface area contributed by atoms with E-state index in [2.05, 4.69) is 15.5 Å². The molecule has 1 aliphatic heterocycles. The molecule has 2 aliphatic rings. The SMILES string of the molecule is O=C(NCCc1ccc(F)cc1)C1CC1C(=O)NCCN1CCOCC1. The summed E-state index contributed by atoms with van der Waals surface area (Å²) in [7, 11) is 0. The van der Waals surface area contributed by atoms with Crippen molar-refractivity contribution < 1.29 is 18.7 Å². The average molecular weight is 363 g/mol. The molecule has 0 bridgehead atoms. The van der Waals surface area contributed by atoms with Gasteiger partial charge in [0.2, 0.25) is 11.8 Å². The van der Waals surface area contributed by atoms with E-state index in [9.17, 15) is 14.0 Å². The van der Waals surface area contributed by atoms with Gasteiger partial charge in [-0.2, -0.15) is 0 Å². The summed E-state index contributed by atoms with van der Waals surface area (Å²) in [6.45, 7) is 5.21. The van der Waals surface area contributed by atoms with E-state index in [0.717, 1.165) is 38.4 Å². The van der Waals surface area contributed by atoms with Gasteiger partial charge in [-0.3, -0.25) is 14.5 Å². The van der Waals surface area contributed by atoms with Gasteiger partial charge in [-0.15, -0.1) is 0 Å². The van der Waals surface area contributed by atoms with E-state index in [1.165, 1.54) is 12.1 Å². The van der Waals surface area contributed by atoms with E-state index >= 15 is 0 Å². The van der Waals surface area contributed by atoms with Gasteiger partial charge in [0.1, 0.15) is 5.82 Å². The third kappa shape index (κ3) is 5.51. The number of benzene rings is 1. The molecule has 2 amide bonds. The summed E-state index contributed by atoms with van der Waals surface area (Å²) < 4.78 is 18.1. The van der Waals surface area contributed by atoms with Crippen molar-refractivity contribution >= 4 is 11.8 Å². The van der Waals surface area contributed by atoms with Gasteiger partial charge in [-0.1, -0.05) is 12.1 Å². The van der Waals surface area contributed by atoms with Crippen LogP contribution in [-0.2, 0) is 20.7 Å². The smallest absolute Gasteiger partial charge is 0.223 e. The number of hydrogen-bond donors (Lipinski definition) is 2. The van der Waals surface area contributed by atoms with Gasteiger partial charge in [-0.05, 0) is 30.5 Å². The molecular weight excluding hydrogens is 337 g/mol. The Kier molecular flexibility index (Phi) is 6.57. The highest BCUT2D eigenvalue weighted by Crippen LogP contribution is 2.38. The summed E-state index contributed by atoms with van der Waals surface area (Å²) in [4.78, 5) is 26.5. The third-order valence-electron chi connectivity index (χ3n) is 4.92. The fraction of sp³-hybridized carbons (Fsp3) is 0.579. The molecule has 0 spiro atoms. The molecule has 1 heterocycles. The molecule has 1 saturated carbocycles. The van der Waals surface area contributed by atoms with Crippen molar-refractivity contribution in [3.05, 3.63) is 35.6 Å². The minimum Gasteiger partial charge on any atom is -0.379 e. The molecule has 0 radical (unpaired) electrons. The third-order valence-corrected chi connectivity index (χ3v) is 4.92. The van der Waals surface area contributed by atoms with Gasteiger partial charge in [0.15, 0.2) is 0 Å². The molecule has 2 unspecified atom stereocenters. The first-order chi connectivity index (χ1) is 12.6. The lowest BCUT2D eigenvalue weighted by molar-refractivity contribution is -0.127. The molecule has 142 valence electrons. The zero-order valence-electron chi connectivity index (χ0n) is 14.9. The second kappa shape index (κ2) is 9.09. The van der Waals surface area contributed by atoms with Crippen molar-refractivity contribution in [1.29, 1.82) is 0 Å². The highest BCUT2D eigenvalue weighted by atomic mass is 19.1. The van der Waals surface area contributed by atoms with Crippen LogP contribution in [0.4, 0.5) is 4.39 Å². The average Bonchev–Trinajstić information content (AvgIpc) is 3.45. The number of nitrogens with zero attached hydrogens (tertiary/aromatic N) is 1. The summed E-state index contributed by atoms with van der Waals surface area (Å²) >= 11 is 0. The summed E-state index contributed by atoms with van der Waals surface area (Å²) in [5, 5.41) is 5.79. The van der Waals surface area contributed by atoms with Gasteiger partial charge < -0.3 is 15.4 Å². The van der Waals surface area contributed by atoms with Crippen LogP contribution in [0.25, 0.3) is 0 Å². The maximum Gasteiger partial charge on any atom is 0.223 e. The Balaban J connectivity index is 1.29. The maximum atomic E-state index is 12.8. The fourth-order valence-corrected chi connectivity index (χ4v) is 3.18. The van der Waals surface area contributed by atoms with E-state index in [4.69, 9.17) is 4.74 Å². The van der Waals surface area contributed by atoms with Crippen LogP contribution in [0.15, 0.2) is 24.3 Å². The van der Waals surface area contributed by atoms with E-state index < -0.39 is 0 Å². The first-order valence-electron chi connectivity index (χ1n) is 9.23. The first kappa shape index (κ1) is 18.8. The van der Waals surface area contributed by atoms with Crippen LogP contribution in [0.3, 0.4) is 0 Å². The highest BCUT2D eigenvalue weighted by molar-refractivity contribution is 5.92. The zero-order chi connectivity index (χ0) is 18.4. The minimum atomic E-state index is -0.266. The lowest BCUT2D eigenvalue weighted by Crippen LogP contribution is -2.41. The summed E-state index contributed by atoms with van der Waals surface area (Å²) in [6, 6.07) is 6.25. The molecule has 7 heteroatoms. The van der Waals surface area contributed by atoms with Crippen molar-refractivity contribution in [2.45, 2.75) is 12.8 Å². The maximum absolute atomic E-state index is 12.8. The lowest BCUT2D eigenvalue weighted by Gasteiger charge is -2.26. The van der Waals surface area contributed by atoms with E-state index in [1.54, 1.807) is 12.1 Å². The fourth-order valence-electron chi connectivity index (χ4n) is 3.18. The lowest BCUT2D eigenvalue weighted by atomic mass is 10.1. The predicted molar refractivity (Wildman–Crippen MR) is 95.0 cm³/mol. The van der Waals surface area contributed by atoms with Gasteiger partial charge in [0, 0.05) is 32.7 Å². The van der Waals surface area contributed by atoms with Crippen LogP contribution >= 0.6 is 0 Å². The Morgan fingerprint density at radius 1 is 1.04 bits per heavy atom. The van der Waals surface area contributed by atoms with Gasteiger partial charge in [-0.25, -0.2) is 4.39 Å². The normalized spacial score (nSPS) is 22.7. The number of amides is 2. The molecule has 6 nitrogen and oxygen atoms in total. The number of ether oxygens (including phenoxy) is 1. The van der Waals surface area contributed by atoms with Crippen LogP contribution in [-0.4, -0.2) is 62.7 Å². The van der Waals surface area contributed by atoms with Gasteiger partial charge in [0.05, 0.1) is 25.0 Å². The molecule has 26 heavy (non-hydrogen) atoms. The number of halogens is 1. The topological polar surface area (TPSA) is 70.7 Å². The van der Waals surface area contributed by atoms with Crippen molar-refractivity contribution in [3.63, 3.8) is 0 Å². The Labute approximate surface area is 153 Å². The number of carbonyl (C=O) groups excluding carboxylic acids is 2. The van der Waals surface area contributed by atoms with Crippen molar-refractivity contribution in [2.24, 2.45) is 11.8 Å². The molecule has 2 fully saturated rings. The summed E-state index contributed by atoms with van der Waals surface area (Å²) in [5.41, 5.74) is 0.972. The van der Waals surface area contributed by atoms with Crippen LogP contribution in [0.2, 0.25) is 0 Å². The largest absolute Gasteiger partial charge is 0.379 e. The van der Waals surface area contributed by atoms with Crippen molar-refractivity contribution in [3.8, 4) is 0 Å². The monoisotopic (exact) mass is 363 g/mol. The molecule has 2 N–H and O–H groups in total. The summed E-state index contributed by atoms with van der Waals surface area (Å²) in [6.07, 6.45) is 1.26. The van der Waals surface area contributed by atoms with E-state index in [1.807, 2.05) is 0 Å². The molecule has 0 aromatic heterocycles. The molecule has 1 saturated heterocycles. The van der Waals surface area contributed by atoms with Gasteiger partial charge in [0.25, 0.3) is 0 Å². The second-order valence-corrected chi connectivity index (χ2v) is 6.86. The number of hydrogen-bond acceptors (Lipinski definition) is 4. The number of rotatable bonds is 8. The second-order valence-electron chi connectivity index (χ2n) is 6.86. The standard InChI is InChI=1S/C19H26FN3O3/c20-15-3-1-14(2-4-15)5-6-21-18(24)16-13-17(16)19(25)22-7-8-23-9-11-26-12-10-23/h1-4,16-17H,5-13H2,(H,21,24)(H,22,25). The van der Waals surface area contributed by atoms with Crippen LogP contribution in [0, 0.1) is 17.7 Å². The number of nitrogens with one attached hydrogen (secondary N) is 2. The quantitative estimate of drug-likeness (QED) is 0.708. The highest BCUT2D eigenvalue weighted by Gasteiger charge is 2.47. The van der Waals surface area contributed by atoms with Crippen molar-refractivity contribution in [1.82, 2.24) is 15.5 Å². The molecule has 2 atom stereocenters. The Bertz CT molecular complexity index is 617. The molecule has 1 aromatic rings. The number of morpholine rings is 1. The van der Waals surface area contributed by atoms with E-state index in [-0.39, 0.29) is 29.5 Å². The van der Waals surface area contributed by atoms with Gasteiger partial charge >= 0.3 is 0 Å². The predicted octanol–water partition coefficient (Wildman–Crippen LogP) is 0.569. The Morgan fingerprint density at radius 2 is 1.65 bits per heavy atom. The van der Waals surface area contributed by atoms with Crippen LogP contribution in [0.5, 0.6) is 0 Å². The van der Waals surface area contributed by atoms with Crippen LogP contribution < -0.4 is 10.6 Å². The molecular formula is C19H26FN3O3. The summed E-state index contributed by atoms with van der Waals surface area (Å²) in [5.74, 6) is -0.784. The molecule has 3 rings (SSSR count). The molecule has 1 aromatic carbocycles.